The van der Waals surface area contributed by atoms with Gasteiger partial charge in [-0.15, -0.1) is 0 Å². The Labute approximate surface area is 99.3 Å². The highest BCUT2D eigenvalue weighted by Gasteiger charge is 1.97. The Morgan fingerprint density at radius 2 is 1.94 bits per heavy atom. The van der Waals surface area contributed by atoms with Crippen LogP contribution in [0.3, 0.4) is 0 Å². The average molecular weight is 233 g/mol. The monoisotopic (exact) mass is 233 g/mol. The van der Waals surface area contributed by atoms with Crippen molar-refractivity contribution in [2.24, 2.45) is 11.6 Å². The molecule has 0 aromatic heterocycles. The molecule has 0 aliphatic carbocycles. The molecule has 0 rings (SSSR count). The summed E-state index contributed by atoms with van der Waals surface area (Å²) < 4.78 is 10.2. The highest BCUT2D eigenvalue weighted by atomic mass is 16.5. The number of nitrogens with zero attached hydrogens (tertiary/aromatic N) is 1. The molecule has 0 bridgehead atoms. The van der Waals surface area contributed by atoms with Crippen molar-refractivity contribution >= 4 is 0 Å². The van der Waals surface area contributed by atoms with Crippen molar-refractivity contribution in [1.29, 1.82) is 0 Å². The van der Waals surface area contributed by atoms with Gasteiger partial charge in [0.25, 0.3) is 0 Å². The summed E-state index contributed by atoms with van der Waals surface area (Å²) >= 11 is 0. The number of methoxy groups -OCH3 is 1. The van der Waals surface area contributed by atoms with E-state index < -0.39 is 0 Å². The van der Waals surface area contributed by atoms with Crippen LogP contribution in [0.4, 0.5) is 0 Å². The summed E-state index contributed by atoms with van der Waals surface area (Å²) in [5.74, 6) is 5.61. The van der Waals surface area contributed by atoms with E-state index in [4.69, 9.17) is 21.1 Å². The lowest BCUT2D eigenvalue weighted by molar-refractivity contribution is 0.0952. The van der Waals surface area contributed by atoms with Gasteiger partial charge < -0.3 is 20.2 Å². The van der Waals surface area contributed by atoms with Crippen LogP contribution in [0.5, 0.6) is 0 Å². The fourth-order valence-electron chi connectivity index (χ4n) is 0.774. The first kappa shape index (κ1) is 17.6. The number of nitrogens with two attached hydrogens (primary N) is 2. The van der Waals surface area contributed by atoms with Gasteiger partial charge in [-0.1, -0.05) is 13.8 Å². The van der Waals surface area contributed by atoms with Gasteiger partial charge in [-0.05, 0) is 13.8 Å². The molecule has 0 amide bonds. The Morgan fingerprint density at radius 3 is 2.38 bits per heavy atom. The van der Waals surface area contributed by atoms with Crippen molar-refractivity contribution in [1.82, 2.24) is 5.01 Å². The summed E-state index contributed by atoms with van der Waals surface area (Å²) in [6.45, 7) is 9.50. The van der Waals surface area contributed by atoms with Gasteiger partial charge in [-0.2, -0.15) is 0 Å². The van der Waals surface area contributed by atoms with Crippen molar-refractivity contribution in [3.8, 4) is 0 Å². The van der Waals surface area contributed by atoms with E-state index in [0.717, 1.165) is 0 Å². The highest BCUT2D eigenvalue weighted by Crippen LogP contribution is 1.93. The second-order valence-electron chi connectivity index (χ2n) is 3.29. The summed E-state index contributed by atoms with van der Waals surface area (Å²) in [6.07, 6.45) is 1.83. The molecule has 0 aliphatic heterocycles. The van der Waals surface area contributed by atoms with Gasteiger partial charge in [-0.3, -0.25) is 0 Å². The predicted octanol–water partition coefficient (Wildman–Crippen LogP) is 1.06. The predicted molar refractivity (Wildman–Crippen MR) is 67.5 cm³/mol. The fraction of sp³-hybridized carbons (Fsp3) is 0.818. The largest absolute Gasteiger partial charge is 0.399 e. The Balaban J connectivity index is 0. The van der Waals surface area contributed by atoms with Crippen LogP contribution >= 0.6 is 0 Å². The molecular weight excluding hydrogens is 206 g/mol. The van der Waals surface area contributed by atoms with Gasteiger partial charge in [-0.25, -0.2) is 5.84 Å². The SMILES string of the molecule is CC.COCCN(N)/C=C(\N)COC(C)C. The smallest absolute Gasteiger partial charge is 0.0879 e. The molecule has 0 aliphatic rings. The van der Waals surface area contributed by atoms with Gasteiger partial charge in [0.05, 0.1) is 31.6 Å². The highest BCUT2D eigenvalue weighted by molar-refractivity contribution is 4.95. The summed E-state index contributed by atoms with van der Waals surface area (Å²) in [5.41, 5.74) is 6.28. The molecule has 0 unspecified atom stereocenters. The van der Waals surface area contributed by atoms with Gasteiger partial charge in [0.15, 0.2) is 0 Å². The zero-order chi connectivity index (χ0) is 13.0. The van der Waals surface area contributed by atoms with E-state index in [-0.39, 0.29) is 6.10 Å². The second kappa shape index (κ2) is 12.3. The molecule has 0 saturated carbocycles. The lowest BCUT2D eigenvalue weighted by atomic mass is 10.4. The minimum Gasteiger partial charge on any atom is -0.399 e. The molecule has 4 N–H and O–H groups in total. The minimum absolute atomic E-state index is 0.173. The van der Waals surface area contributed by atoms with E-state index in [1.165, 1.54) is 5.01 Å². The Hall–Kier alpha value is -0.780. The molecule has 0 aromatic carbocycles. The molecule has 0 aromatic rings. The maximum Gasteiger partial charge on any atom is 0.0879 e. The molecule has 0 atom stereocenters. The summed E-state index contributed by atoms with van der Waals surface area (Å²) in [7, 11) is 1.63. The van der Waals surface area contributed by atoms with Crippen LogP contribution < -0.4 is 11.6 Å². The van der Waals surface area contributed by atoms with Crippen molar-refractivity contribution in [2.45, 2.75) is 33.8 Å². The number of rotatable bonds is 7. The summed E-state index contributed by atoms with van der Waals surface area (Å²) in [6, 6.07) is 0. The maximum absolute atomic E-state index is 5.67. The van der Waals surface area contributed by atoms with Gasteiger partial charge in [0.2, 0.25) is 0 Å². The number of ether oxygens (including phenoxy) is 2. The molecule has 0 fully saturated rings. The molecule has 98 valence electrons. The zero-order valence-corrected chi connectivity index (χ0v) is 11.2. The minimum atomic E-state index is 0.173. The second-order valence-corrected chi connectivity index (χ2v) is 3.29. The third kappa shape index (κ3) is 13.2. The van der Waals surface area contributed by atoms with Gasteiger partial charge in [0, 0.05) is 13.3 Å². The van der Waals surface area contributed by atoms with Crippen LogP contribution in [0.2, 0.25) is 0 Å². The first-order valence-electron chi connectivity index (χ1n) is 5.64. The van der Waals surface area contributed by atoms with E-state index in [2.05, 4.69) is 0 Å². The molecule has 0 spiro atoms. The lowest BCUT2D eigenvalue weighted by Gasteiger charge is -2.14. The number of hydrogen-bond donors (Lipinski definition) is 2. The Kier molecular flexibility index (Phi) is 13.5. The molecule has 5 heteroatoms. The van der Waals surface area contributed by atoms with Crippen LogP contribution in [-0.2, 0) is 9.47 Å². The van der Waals surface area contributed by atoms with Crippen LogP contribution in [0.15, 0.2) is 11.9 Å². The Morgan fingerprint density at radius 1 is 1.38 bits per heavy atom. The van der Waals surface area contributed by atoms with Crippen LogP contribution in [0, 0.1) is 0 Å². The van der Waals surface area contributed by atoms with E-state index >= 15 is 0 Å². The Bertz CT molecular complexity index is 173. The van der Waals surface area contributed by atoms with Crippen LogP contribution in [0.25, 0.3) is 0 Å². The first-order chi connectivity index (χ1) is 7.56. The van der Waals surface area contributed by atoms with Gasteiger partial charge in [0.1, 0.15) is 0 Å². The zero-order valence-electron chi connectivity index (χ0n) is 11.2. The average Bonchev–Trinajstić information content (AvgIpc) is 2.26. The van der Waals surface area contributed by atoms with Crippen molar-refractivity contribution in [3.63, 3.8) is 0 Å². The summed E-state index contributed by atoms with van der Waals surface area (Å²) in [4.78, 5) is 0. The van der Waals surface area contributed by atoms with E-state index in [9.17, 15) is 0 Å². The third-order valence-electron chi connectivity index (χ3n) is 1.47. The van der Waals surface area contributed by atoms with Crippen molar-refractivity contribution < 1.29 is 9.47 Å². The normalized spacial score (nSPS) is 11.1. The third-order valence-corrected chi connectivity index (χ3v) is 1.47. The standard InChI is InChI=1S/C9H21N3O2.C2H6/c1-8(2)14-7-9(10)6-12(11)4-5-13-3;1-2/h6,8H,4-5,7,10-11H2,1-3H3;1-2H3/b9-6-;. The molecule has 16 heavy (non-hydrogen) atoms. The quantitative estimate of drug-likeness (QED) is 0.508. The van der Waals surface area contributed by atoms with Crippen LogP contribution in [-0.4, -0.2) is 38.0 Å². The number of hydrogen-bond acceptors (Lipinski definition) is 5. The molecular formula is C11H27N3O2. The molecule has 0 heterocycles. The van der Waals surface area contributed by atoms with E-state index in [1.54, 1.807) is 13.3 Å². The lowest BCUT2D eigenvalue weighted by Crippen LogP contribution is -2.30. The topological polar surface area (TPSA) is 73.7 Å². The van der Waals surface area contributed by atoms with Crippen molar-refractivity contribution in [2.75, 3.05) is 26.9 Å². The summed E-state index contributed by atoms with van der Waals surface area (Å²) in [5, 5.41) is 1.49. The molecule has 5 nitrogen and oxygen atoms in total. The van der Waals surface area contributed by atoms with Crippen LogP contribution in [0.1, 0.15) is 27.7 Å². The molecule has 0 saturated heterocycles. The van der Waals surface area contributed by atoms with E-state index in [1.807, 2.05) is 27.7 Å². The fourth-order valence-corrected chi connectivity index (χ4v) is 0.774. The maximum atomic E-state index is 5.67. The number of hydrazine groups is 1. The van der Waals surface area contributed by atoms with Crippen molar-refractivity contribution in [3.05, 3.63) is 11.9 Å². The molecule has 0 radical (unpaired) electrons. The first-order valence-corrected chi connectivity index (χ1v) is 5.64. The van der Waals surface area contributed by atoms with E-state index in [0.29, 0.717) is 25.5 Å². The van der Waals surface area contributed by atoms with Gasteiger partial charge >= 0.3 is 0 Å².